The first-order valence-corrected chi connectivity index (χ1v) is 15.6. The molecule has 0 aliphatic carbocycles. The molecule has 1 N–H and O–H groups in total. The van der Waals surface area contributed by atoms with Crippen molar-refractivity contribution in [1.29, 1.82) is 0 Å². The topological polar surface area (TPSA) is 114 Å². The van der Waals surface area contributed by atoms with Crippen LogP contribution in [0, 0.1) is 0 Å². The van der Waals surface area contributed by atoms with E-state index in [2.05, 4.69) is 10.2 Å². The second-order valence-electron chi connectivity index (χ2n) is 12.1. The smallest absolute Gasteiger partial charge is 0.446 e. The van der Waals surface area contributed by atoms with Gasteiger partial charge in [0.15, 0.2) is 0 Å². The van der Waals surface area contributed by atoms with Crippen LogP contribution in [0.15, 0.2) is 78.9 Å². The molecule has 2 aliphatic rings. The van der Waals surface area contributed by atoms with Crippen LogP contribution in [-0.2, 0) is 14.2 Å². The van der Waals surface area contributed by atoms with Gasteiger partial charge in [0.1, 0.15) is 25.9 Å². The van der Waals surface area contributed by atoms with Gasteiger partial charge in [-0.1, -0.05) is 60.7 Å². The van der Waals surface area contributed by atoms with E-state index >= 15 is 0 Å². The van der Waals surface area contributed by atoms with Crippen LogP contribution in [0.3, 0.4) is 0 Å². The van der Waals surface area contributed by atoms with Crippen molar-refractivity contribution in [2.24, 2.45) is 0 Å². The average molecular weight is 630 g/mol. The van der Waals surface area contributed by atoms with Crippen molar-refractivity contribution in [3.8, 4) is 11.1 Å². The molecule has 0 radical (unpaired) electrons. The van der Waals surface area contributed by atoms with Crippen molar-refractivity contribution in [2.75, 3.05) is 71.9 Å². The molecule has 11 nitrogen and oxygen atoms in total. The van der Waals surface area contributed by atoms with Crippen molar-refractivity contribution in [1.82, 2.24) is 9.80 Å². The molecular formula is C35H41N4O7+. The van der Waals surface area contributed by atoms with Crippen LogP contribution in [0.2, 0.25) is 0 Å². The number of fused-ring (bicyclic) bond motifs is 1. The molecule has 2 heterocycles. The Morgan fingerprint density at radius 3 is 2.02 bits per heavy atom. The number of hydrogen-bond donors (Lipinski definition) is 1. The summed E-state index contributed by atoms with van der Waals surface area (Å²) in [6.45, 7) is 3.63. The second-order valence-corrected chi connectivity index (χ2v) is 12.1. The number of piperidine rings is 1. The number of likely N-dealkylation sites (N-methyl/N-ethyl adjacent to an activating group) is 1. The minimum atomic E-state index is -0.731. The van der Waals surface area contributed by atoms with Gasteiger partial charge < -0.3 is 18.7 Å². The predicted molar refractivity (Wildman–Crippen MR) is 172 cm³/mol. The number of anilines is 1. The van der Waals surface area contributed by atoms with Gasteiger partial charge in [-0.2, -0.15) is 0 Å². The molecule has 242 valence electrons. The molecule has 5 rings (SSSR count). The highest BCUT2D eigenvalue weighted by molar-refractivity contribution is 6.21. The summed E-state index contributed by atoms with van der Waals surface area (Å²) in [7, 11) is 3.90. The molecule has 0 spiro atoms. The number of rotatable bonds is 12. The summed E-state index contributed by atoms with van der Waals surface area (Å²) in [5.74, 6) is -0.549. The van der Waals surface area contributed by atoms with Gasteiger partial charge >= 0.3 is 12.2 Å². The van der Waals surface area contributed by atoms with E-state index in [0.29, 0.717) is 53.8 Å². The van der Waals surface area contributed by atoms with Gasteiger partial charge in [0, 0.05) is 25.2 Å². The van der Waals surface area contributed by atoms with E-state index < -0.39 is 12.2 Å². The maximum Gasteiger partial charge on any atom is 0.508 e. The largest absolute Gasteiger partial charge is 0.508 e. The third kappa shape index (κ3) is 8.49. The van der Waals surface area contributed by atoms with Crippen molar-refractivity contribution >= 4 is 29.8 Å². The maximum atomic E-state index is 12.7. The van der Waals surface area contributed by atoms with Crippen molar-refractivity contribution in [2.45, 2.75) is 18.9 Å². The predicted octanol–water partition coefficient (Wildman–Crippen LogP) is 4.89. The third-order valence-electron chi connectivity index (χ3n) is 8.41. The fraction of sp³-hybridized carbons (Fsp3) is 0.371. The molecule has 1 fully saturated rings. The summed E-state index contributed by atoms with van der Waals surface area (Å²) in [5, 5.41) is 2.89. The SMILES string of the molecule is C[N+](C)(CCOC(=O)OCCN1CCC(OC(=O)Nc2ccccc2-c2ccccc2)CC1)CCN1C(=O)c2ccccc2C1=O. The van der Waals surface area contributed by atoms with Crippen LogP contribution in [0.25, 0.3) is 11.1 Å². The van der Waals surface area contributed by atoms with Crippen LogP contribution >= 0.6 is 0 Å². The number of hydrogen-bond acceptors (Lipinski definition) is 8. The maximum absolute atomic E-state index is 12.7. The number of nitrogens with one attached hydrogen (secondary N) is 1. The highest BCUT2D eigenvalue weighted by atomic mass is 16.7. The van der Waals surface area contributed by atoms with Crippen LogP contribution in [0.4, 0.5) is 15.3 Å². The van der Waals surface area contributed by atoms with Crippen LogP contribution in [0.5, 0.6) is 0 Å². The number of nitrogens with zero attached hydrogens (tertiary/aromatic N) is 3. The van der Waals surface area contributed by atoms with E-state index in [0.717, 1.165) is 24.2 Å². The quantitative estimate of drug-likeness (QED) is 0.171. The molecule has 0 unspecified atom stereocenters. The fourth-order valence-electron chi connectivity index (χ4n) is 5.60. The van der Waals surface area contributed by atoms with Crippen molar-refractivity contribution in [3.63, 3.8) is 0 Å². The van der Waals surface area contributed by atoms with Crippen LogP contribution in [0.1, 0.15) is 33.6 Å². The fourth-order valence-corrected chi connectivity index (χ4v) is 5.60. The second kappa shape index (κ2) is 15.0. The Morgan fingerprint density at radius 1 is 0.761 bits per heavy atom. The Morgan fingerprint density at radius 2 is 1.35 bits per heavy atom. The Kier molecular flexibility index (Phi) is 10.7. The summed E-state index contributed by atoms with van der Waals surface area (Å²) in [6.07, 6.45) is -0.0217. The number of carbonyl (C=O) groups excluding carboxylic acids is 4. The highest BCUT2D eigenvalue weighted by Crippen LogP contribution is 2.28. The molecule has 0 bridgehead atoms. The number of amides is 3. The molecule has 2 aliphatic heterocycles. The summed E-state index contributed by atoms with van der Waals surface area (Å²) in [4.78, 5) is 53.4. The first-order chi connectivity index (χ1) is 22.2. The minimum Gasteiger partial charge on any atom is -0.446 e. The standard InChI is InChI=1S/C35H40N4O7/c1-39(2,22-20-38-32(40)29-13-6-7-14-30(29)33(38)41)23-25-45-35(43)44-24-21-37-18-16-27(17-19-37)46-34(42)36-31-15-9-8-12-28(31)26-10-4-3-5-11-26/h3-15,27H,16-25H2,1-2H3/p+1. The van der Waals surface area contributed by atoms with E-state index in [4.69, 9.17) is 14.2 Å². The Labute approximate surface area is 269 Å². The Hall–Kier alpha value is -4.74. The van der Waals surface area contributed by atoms with Crippen molar-refractivity contribution in [3.05, 3.63) is 90.0 Å². The van der Waals surface area contributed by atoms with E-state index in [1.807, 2.05) is 68.7 Å². The van der Waals surface area contributed by atoms with Gasteiger partial charge in [0.25, 0.3) is 11.8 Å². The lowest BCUT2D eigenvalue weighted by atomic mass is 10.0. The zero-order chi connectivity index (χ0) is 32.5. The van der Waals surface area contributed by atoms with E-state index in [-0.39, 0.29) is 37.7 Å². The molecule has 0 atom stereocenters. The van der Waals surface area contributed by atoms with Crippen LogP contribution < -0.4 is 5.32 Å². The third-order valence-corrected chi connectivity index (χ3v) is 8.41. The molecular weight excluding hydrogens is 588 g/mol. The Balaban J connectivity index is 0.940. The van der Waals surface area contributed by atoms with Gasteiger partial charge in [-0.05, 0) is 36.6 Å². The molecule has 1 saturated heterocycles. The lowest BCUT2D eigenvalue weighted by Crippen LogP contribution is -2.48. The number of ether oxygens (including phenoxy) is 3. The van der Waals surface area contributed by atoms with Gasteiger partial charge in [0.05, 0.1) is 44.0 Å². The van der Waals surface area contributed by atoms with Crippen LogP contribution in [-0.4, -0.2) is 111 Å². The van der Waals surface area contributed by atoms with Crippen molar-refractivity contribution < 1.29 is 37.9 Å². The lowest BCUT2D eigenvalue weighted by Gasteiger charge is -2.31. The Bertz CT molecular complexity index is 1500. The first-order valence-electron chi connectivity index (χ1n) is 15.6. The lowest BCUT2D eigenvalue weighted by molar-refractivity contribution is -0.889. The molecule has 3 aromatic rings. The van der Waals surface area contributed by atoms with E-state index in [1.165, 1.54) is 4.90 Å². The number of carbonyl (C=O) groups is 4. The van der Waals surface area contributed by atoms with Gasteiger partial charge in [0.2, 0.25) is 0 Å². The molecule has 46 heavy (non-hydrogen) atoms. The minimum absolute atomic E-state index is 0.147. The number of likely N-dealkylation sites (tertiary alicyclic amines) is 1. The average Bonchev–Trinajstić information content (AvgIpc) is 3.30. The molecule has 3 aromatic carbocycles. The number of para-hydroxylation sites is 1. The number of quaternary nitrogens is 1. The number of imide groups is 1. The molecule has 3 amide bonds. The summed E-state index contributed by atoms with van der Waals surface area (Å²) in [6, 6.07) is 24.3. The van der Waals surface area contributed by atoms with Gasteiger partial charge in [-0.25, -0.2) is 9.59 Å². The van der Waals surface area contributed by atoms with Gasteiger partial charge in [-0.3, -0.25) is 24.7 Å². The summed E-state index contributed by atoms with van der Waals surface area (Å²) in [5.41, 5.74) is 3.51. The zero-order valence-corrected chi connectivity index (χ0v) is 26.4. The first kappa shape index (κ1) is 32.6. The summed E-state index contributed by atoms with van der Waals surface area (Å²) >= 11 is 0. The van der Waals surface area contributed by atoms with E-state index in [9.17, 15) is 19.2 Å². The molecule has 11 heteroatoms. The molecule has 0 saturated carbocycles. The highest BCUT2D eigenvalue weighted by Gasteiger charge is 2.36. The van der Waals surface area contributed by atoms with E-state index in [1.54, 1.807) is 24.3 Å². The van der Waals surface area contributed by atoms with Gasteiger partial charge in [-0.15, -0.1) is 0 Å². The zero-order valence-electron chi connectivity index (χ0n) is 26.4. The monoisotopic (exact) mass is 629 g/mol. The number of benzene rings is 3. The normalized spacial score (nSPS) is 15.4. The summed E-state index contributed by atoms with van der Waals surface area (Å²) < 4.78 is 16.7. The molecule has 0 aromatic heterocycles.